The van der Waals surface area contributed by atoms with E-state index >= 15 is 0 Å². The minimum Gasteiger partial charge on any atom is -0.376 e. The Labute approximate surface area is 189 Å². The zero-order valence-corrected chi connectivity index (χ0v) is 21.6. The third kappa shape index (κ3) is 8.55. The summed E-state index contributed by atoms with van der Waals surface area (Å²) in [6.45, 7) is 20.8. The molecule has 1 rings (SSSR count). The summed E-state index contributed by atoms with van der Waals surface area (Å²) in [7, 11) is 0. The van der Waals surface area contributed by atoms with E-state index in [0.717, 1.165) is 25.9 Å². The first-order valence-corrected chi connectivity index (χ1v) is 11.8. The quantitative estimate of drug-likeness (QED) is 0.448. The summed E-state index contributed by atoms with van der Waals surface area (Å²) in [4.78, 5) is 39.4. The fourth-order valence-electron chi connectivity index (χ4n) is 4.02. The Kier molecular flexibility index (Phi) is 9.31. The molecule has 1 N–H and O–H groups in total. The average Bonchev–Trinajstić information content (AvgIpc) is 2.87. The standard InChI is InChI=1S/C25H46N2O4/c1-17(2)11-14-31-25(9,10)13-12-23(5,6)26-20(28)16-24(7,8)27-21(29)15-19(18(3)4)22(27)30/h17-19H,11-16H2,1-10H3,(H,26,28). The summed E-state index contributed by atoms with van der Waals surface area (Å²) in [5.74, 6) is -0.0547. The molecule has 6 heteroatoms. The molecule has 31 heavy (non-hydrogen) atoms. The van der Waals surface area contributed by atoms with Crippen LogP contribution in [0.2, 0.25) is 0 Å². The van der Waals surface area contributed by atoms with E-state index in [-0.39, 0.29) is 48.0 Å². The van der Waals surface area contributed by atoms with E-state index < -0.39 is 11.1 Å². The molecule has 1 fully saturated rings. The summed E-state index contributed by atoms with van der Waals surface area (Å²) in [5, 5.41) is 3.10. The van der Waals surface area contributed by atoms with Crippen molar-refractivity contribution in [2.24, 2.45) is 17.8 Å². The van der Waals surface area contributed by atoms with Gasteiger partial charge in [0.1, 0.15) is 0 Å². The van der Waals surface area contributed by atoms with Gasteiger partial charge in [0.2, 0.25) is 17.7 Å². The largest absolute Gasteiger partial charge is 0.376 e. The molecule has 1 aliphatic heterocycles. The number of amides is 3. The molecule has 180 valence electrons. The molecule has 0 radical (unpaired) electrons. The van der Waals surface area contributed by atoms with Gasteiger partial charge >= 0.3 is 0 Å². The molecule has 0 aliphatic carbocycles. The van der Waals surface area contributed by atoms with Gasteiger partial charge in [0.15, 0.2) is 0 Å². The van der Waals surface area contributed by atoms with Crippen molar-refractivity contribution >= 4 is 17.7 Å². The first-order chi connectivity index (χ1) is 14.0. The number of ether oxygens (including phenoxy) is 1. The zero-order chi connectivity index (χ0) is 24.2. The van der Waals surface area contributed by atoms with Gasteiger partial charge in [0, 0.05) is 30.9 Å². The Morgan fingerprint density at radius 3 is 2.13 bits per heavy atom. The highest BCUT2D eigenvalue weighted by molar-refractivity contribution is 6.04. The first-order valence-electron chi connectivity index (χ1n) is 11.8. The van der Waals surface area contributed by atoms with Gasteiger partial charge in [0.05, 0.1) is 11.1 Å². The maximum atomic E-state index is 12.8. The number of nitrogens with zero attached hydrogens (tertiary/aromatic N) is 1. The summed E-state index contributed by atoms with van der Waals surface area (Å²) in [6.07, 6.45) is 2.95. The molecule has 0 spiro atoms. The summed E-state index contributed by atoms with van der Waals surface area (Å²) < 4.78 is 6.05. The van der Waals surface area contributed by atoms with Gasteiger partial charge in [-0.25, -0.2) is 0 Å². The SMILES string of the molecule is CC(C)CCOC(C)(C)CCC(C)(C)NC(=O)CC(C)(C)N1C(=O)CC(C(C)C)C1=O. The van der Waals surface area contributed by atoms with Crippen molar-refractivity contribution in [3.8, 4) is 0 Å². The number of hydrogen-bond acceptors (Lipinski definition) is 4. The van der Waals surface area contributed by atoms with Crippen LogP contribution in [0.3, 0.4) is 0 Å². The average molecular weight is 439 g/mol. The summed E-state index contributed by atoms with van der Waals surface area (Å²) in [5.41, 5.74) is -1.51. The molecule has 1 atom stereocenters. The molecule has 0 aromatic carbocycles. The van der Waals surface area contributed by atoms with E-state index in [2.05, 4.69) is 33.0 Å². The first kappa shape index (κ1) is 27.6. The maximum Gasteiger partial charge on any atom is 0.233 e. The van der Waals surface area contributed by atoms with Crippen molar-refractivity contribution in [3.05, 3.63) is 0 Å². The Balaban J connectivity index is 2.65. The van der Waals surface area contributed by atoms with E-state index in [9.17, 15) is 14.4 Å². The fourth-order valence-corrected chi connectivity index (χ4v) is 4.02. The summed E-state index contributed by atoms with van der Waals surface area (Å²) >= 11 is 0. The second-order valence-electron chi connectivity index (χ2n) is 11.8. The highest BCUT2D eigenvalue weighted by Crippen LogP contribution is 2.33. The molecule has 1 aliphatic rings. The predicted molar refractivity (Wildman–Crippen MR) is 124 cm³/mol. The van der Waals surface area contributed by atoms with Crippen LogP contribution in [0, 0.1) is 17.8 Å². The van der Waals surface area contributed by atoms with E-state index in [1.165, 1.54) is 4.90 Å². The van der Waals surface area contributed by atoms with Gasteiger partial charge in [-0.2, -0.15) is 0 Å². The number of nitrogens with one attached hydrogen (secondary N) is 1. The smallest absolute Gasteiger partial charge is 0.233 e. The minimum atomic E-state index is -0.850. The van der Waals surface area contributed by atoms with E-state index in [1.54, 1.807) is 13.8 Å². The second kappa shape index (κ2) is 10.5. The van der Waals surface area contributed by atoms with E-state index in [4.69, 9.17) is 4.74 Å². The molecule has 0 aromatic heterocycles. The molecule has 0 bridgehead atoms. The molecule has 1 unspecified atom stereocenters. The van der Waals surface area contributed by atoms with Crippen LogP contribution in [0.4, 0.5) is 0 Å². The maximum absolute atomic E-state index is 12.8. The van der Waals surface area contributed by atoms with Crippen molar-refractivity contribution in [3.63, 3.8) is 0 Å². The zero-order valence-electron chi connectivity index (χ0n) is 21.6. The Hall–Kier alpha value is -1.43. The molecule has 0 aromatic rings. The van der Waals surface area contributed by atoms with E-state index in [0.29, 0.717) is 5.92 Å². The van der Waals surface area contributed by atoms with Gasteiger partial charge in [-0.15, -0.1) is 0 Å². The fraction of sp³-hybridized carbons (Fsp3) is 0.880. The van der Waals surface area contributed by atoms with Crippen LogP contribution < -0.4 is 5.32 Å². The predicted octanol–water partition coefficient (Wildman–Crippen LogP) is 4.70. The second-order valence-corrected chi connectivity index (χ2v) is 11.8. The molecule has 6 nitrogen and oxygen atoms in total. The summed E-state index contributed by atoms with van der Waals surface area (Å²) in [6, 6.07) is 0. The van der Waals surface area contributed by atoms with Gasteiger partial charge in [-0.05, 0) is 72.6 Å². The Morgan fingerprint density at radius 1 is 1.06 bits per heavy atom. The number of carbonyl (C=O) groups excluding carboxylic acids is 3. The van der Waals surface area contributed by atoms with E-state index in [1.807, 2.05) is 27.7 Å². The number of hydrogen-bond donors (Lipinski definition) is 1. The molecular weight excluding hydrogens is 392 g/mol. The van der Waals surface area contributed by atoms with Crippen LogP contribution in [0.15, 0.2) is 0 Å². The Bertz CT molecular complexity index is 650. The number of carbonyl (C=O) groups is 3. The molecule has 1 saturated heterocycles. The van der Waals surface area contributed by atoms with Crippen LogP contribution in [0.25, 0.3) is 0 Å². The molecule has 3 amide bonds. The van der Waals surface area contributed by atoms with Crippen molar-refractivity contribution in [1.29, 1.82) is 0 Å². The van der Waals surface area contributed by atoms with Gasteiger partial charge in [-0.3, -0.25) is 19.3 Å². The monoisotopic (exact) mass is 438 g/mol. The normalized spacial score (nSPS) is 18.5. The highest BCUT2D eigenvalue weighted by atomic mass is 16.5. The lowest BCUT2D eigenvalue weighted by Gasteiger charge is -2.36. The topological polar surface area (TPSA) is 75.7 Å². The number of imide groups is 1. The lowest BCUT2D eigenvalue weighted by molar-refractivity contribution is -0.147. The van der Waals surface area contributed by atoms with Crippen LogP contribution in [0.5, 0.6) is 0 Å². The number of rotatable bonds is 12. The van der Waals surface area contributed by atoms with Crippen LogP contribution >= 0.6 is 0 Å². The molecule has 0 saturated carbocycles. The number of likely N-dealkylation sites (tertiary alicyclic amines) is 1. The van der Waals surface area contributed by atoms with Gasteiger partial charge in [-0.1, -0.05) is 27.7 Å². The van der Waals surface area contributed by atoms with Crippen molar-refractivity contribution in [2.45, 2.75) is 118 Å². The lowest BCUT2D eigenvalue weighted by Crippen LogP contribution is -2.53. The van der Waals surface area contributed by atoms with Gasteiger partial charge < -0.3 is 10.1 Å². The molecular formula is C25H46N2O4. The van der Waals surface area contributed by atoms with Gasteiger partial charge in [0.25, 0.3) is 0 Å². The minimum absolute atomic E-state index is 0.0903. The lowest BCUT2D eigenvalue weighted by atomic mass is 9.90. The van der Waals surface area contributed by atoms with Crippen molar-refractivity contribution < 1.29 is 19.1 Å². The van der Waals surface area contributed by atoms with Crippen LogP contribution in [0.1, 0.15) is 101 Å². The van der Waals surface area contributed by atoms with Crippen LogP contribution in [-0.4, -0.2) is 45.9 Å². The Morgan fingerprint density at radius 2 is 1.65 bits per heavy atom. The van der Waals surface area contributed by atoms with Crippen molar-refractivity contribution in [1.82, 2.24) is 10.2 Å². The third-order valence-corrected chi connectivity index (χ3v) is 6.20. The van der Waals surface area contributed by atoms with Crippen molar-refractivity contribution in [2.75, 3.05) is 6.61 Å². The third-order valence-electron chi connectivity index (χ3n) is 6.20. The molecule has 1 heterocycles. The highest BCUT2D eigenvalue weighted by Gasteiger charge is 2.47. The van der Waals surface area contributed by atoms with Crippen LogP contribution in [-0.2, 0) is 19.1 Å².